The van der Waals surface area contributed by atoms with Crippen LogP contribution in [0.3, 0.4) is 0 Å². The summed E-state index contributed by atoms with van der Waals surface area (Å²) < 4.78 is 4.33. The summed E-state index contributed by atoms with van der Waals surface area (Å²) in [6.07, 6.45) is 0.632. The summed E-state index contributed by atoms with van der Waals surface area (Å²) in [4.78, 5) is 15.6. The summed E-state index contributed by atoms with van der Waals surface area (Å²) in [5.41, 5.74) is 1.11. The van der Waals surface area contributed by atoms with E-state index in [1.165, 1.54) is 11.5 Å². The lowest BCUT2D eigenvalue weighted by Gasteiger charge is -2.12. The second-order valence-corrected chi connectivity index (χ2v) is 6.56. The number of carboxylic acids is 1. The zero-order valence-corrected chi connectivity index (χ0v) is 13.2. The van der Waals surface area contributed by atoms with E-state index in [1.807, 2.05) is 12.1 Å². The van der Waals surface area contributed by atoms with E-state index in [0.717, 1.165) is 16.5 Å². The summed E-state index contributed by atoms with van der Waals surface area (Å²) in [5.74, 6) is -0.0718. The van der Waals surface area contributed by atoms with E-state index >= 15 is 0 Å². The van der Waals surface area contributed by atoms with Crippen molar-refractivity contribution in [3.05, 3.63) is 41.2 Å². The van der Waals surface area contributed by atoms with Gasteiger partial charge in [-0.2, -0.15) is 4.37 Å². The molecule has 0 aliphatic rings. The summed E-state index contributed by atoms with van der Waals surface area (Å²) in [6, 6.07) is 7.05. The van der Waals surface area contributed by atoms with Crippen LogP contribution in [0.5, 0.6) is 0 Å². The molecule has 1 aromatic carbocycles. The predicted octanol–water partition coefficient (Wildman–Crippen LogP) is 3.19. The van der Waals surface area contributed by atoms with Gasteiger partial charge in [-0.3, -0.25) is 0 Å². The monoisotopic (exact) mass is 305 g/mol. The minimum Gasteiger partial charge on any atom is -0.478 e. The van der Waals surface area contributed by atoms with Gasteiger partial charge in [0.25, 0.3) is 0 Å². The molecule has 1 heterocycles. The maximum atomic E-state index is 11.1. The molecule has 6 heteroatoms. The van der Waals surface area contributed by atoms with Gasteiger partial charge < -0.3 is 10.4 Å². The number of carbonyl (C=O) groups is 1. The number of nitrogens with zero attached hydrogens (tertiary/aromatic N) is 2. The van der Waals surface area contributed by atoms with Gasteiger partial charge in [-0.15, -0.1) is 0 Å². The Balaban J connectivity index is 1.96. The first kappa shape index (κ1) is 15.4. The molecule has 21 heavy (non-hydrogen) atoms. The molecule has 0 atom stereocenters. The number of benzene rings is 1. The molecule has 0 aliphatic carbocycles. The number of hydrogen-bond donors (Lipinski definition) is 2. The Hall–Kier alpha value is -1.95. The average Bonchev–Trinajstić information content (AvgIpc) is 2.88. The van der Waals surface area contributed by atoms with Gasteiger partial charge in [-0.05, 0) is 18.1 Å². The molecule has 0 spiro atoms. The number of rotatable bonds is 5. The molecule has 0 saturated carbocycles. The Morgan fingerprint density at radius 3 is 2.67 bits per heavy atom. The van der Waals surface area contributed by atoms with Crippen LogP contribution in [0.15, 0.2) is 24.3 Å². The van der Waals surface area contributed by atoms with Gasteiger partial charge in [-0.25, -0.2) is 9.78 Å². The highest BCUT2D eigenvalue weighted by molar-refractivity contribution is 7.09. The molecule has 0 radical (unpaired) electrons. The van der Waals surface area contributed by atoms with Crippen molar-refractivity contribution in [2.75, 3.05) is 11.9 Å². The highest BCUT2D eigenvalue weighted by atomic mass is 32.1. The van der Waals surface area contributed by atoms with Gasteiger partial charge in [0.1, 0.15) is 5.82 Å². The fourth-order valence-electron chi connectivity index (χ4n) is 1.85. The molecule has 112 valence electrons. The number of aromatic nitrogens is 2. The number of nitrogens with one attached hydrogen (secondary N) is 1. The third-order valence-corrected chi connectivity index (χ3v) is 3.69. The van der Waals surface area contributed by atoms with Crippen molar-refractivity contribution >= 4 is 22.6 Å². The van der Waals surface area contributed by atoms with Crippen LogP contribution in [-0.2, 0) is 11.8 Å². The second-order valence-electron chi connectivity index (χ2n) is 5.81. The van der Waals surface area contributed by atoms with E-state index in [2.05, 4.69) is 35.4 Å². The van der Waals surface area contributed by atoms with Crippen molar-refractivity contribution < 1.29 is 9.90 Å². The quantitative estimate of drug-likeness (QED) is 0.887. The van der Waals surface area contributed by atoms with Crippen LogP contribution < -0.4 is 5.32 Å². The van der Waals surface area contributed by atoms with Crippen molar-refractivity contribution in [1.82, 2.24) is 9.36 Å². The predicted molar refractivity (Wildman–Crippen MR) is 84.2 cm³/mol. The molecule has 0 fully saturated rings. The lowest BCUT2D eigenvalue weighted by molar-refractivity contribution is 0.0695. The third-order valence-electron chi connectivity index (χ3n) is 3.02. The Morgan fingerprint density at radius 2 is 2.05 bits per heavy atom. The minimum atomic E-state index is -0.892. The van der Waals surface area contributed by atoms with E-state index in [0.29, 0.717) is 18.5 Å². The van der Waals surface area contributed by atoms with E-state index in [9.17, 15) is 4.79 Å². The van der Waals surface area contributed by atoms with Gasteiger partial charge >= 0.3 is 5.97 Å². The first-order valence-corrected chi connectivity index (χ1v) is 7.54. The number of hydrogen-bond acceptors (Lipinski definition) is 5. The standard InChI is InChI=1S/C15H19N3O2S/c1-15(2,3)13-17-14(21-18-13)16-9-8-10-6-4-5-7-11(10)12(19)20/h4-7H,8-9H2,1-3H3,(H,19,20)(H,16,17,18). The van der Waals surface area contributed by atoms with Crippen LogP contribution in [0.1, 0.15) is 42.5 Å². The summed E-state index contributed by atoms with van der Waals surface area (Å²) in [6.45, 7) is 6.84. The SMILES string of the molecule is CC(C)(C)c1nsc(NCCc2ccccc2C(=O)O)n1. The Bertz CT molecular complexity index is 632. The molecule has 2 rings (SSSR count). The van der Waals surface area contributed by atoms with Crippen LogP contribution in [-0.4, -0.2) is 27.0 Å². The van der Waals surface area contributed by atoms with Crippen molar-refractivity contribution in [2.24, 2.45) is 0 Å². The highest BCUT2D eigenvalue weighted by Crippen LogP contribution is 2.22. The summed E-state index contributed by atoms with van der Waals surface area (Å²) in [5, 5.41) is 13.1. The summed E-state index contributed by atoms with van der Waals surface area (Å²) >= 11 is 1.33. The fraction of sp³-hybridized carbons (Fsp3) is 0.400. The number of carboxylic acid groups (broad SMARTS) is 1. The van der Waals surface area contributed by atoms with Crippen molar-refractivity contribution in [3.8, 4) is 0 Å². The molecule has 0 amide bonds. The number of anilines is 1. The Labute approximate surface area is 128 Å². The Kier molecular flexibility index (Phi) is 4.57. The van der Waals surface area contributed by atoms with Crippen LogP contribution in [0.25, 0.3) is 0 Å². The second kappa shape index (κ2) is 6.22. The zero-order valence-electron chi connectivity index (χ0n) is 12.4. The molecule has 0 unspecified atom stereocenters. The van der Waals surface area contributed by atoms with E-state index < -0.39 is 5.97 Å². The average molecular weight is 305 g/mol. The fourth-order valence-corrected chi connectivity index (χ4v) is 2.63. The van der Waals surface area contributed by atoms with Gasteiger partial charge in [0, 0.05) is 23.5 Å². The van der Waals surface area contributed by atoms with Crippen molar-refractivity contribution in [1.29, 1.82) is 0 Å². The maximum absolute atomic E-state index is 11.1. The summed E-state index contributed by atoms with van der Waals surface area (Å²) in [7, 11) is 0. The van der Waals surface area contributed by atoms with Crippen LogP contribution in [0.2, 0.25) is 0 Å². The maximum Gasteiger partial charge on any atom is 0.335 e. The van der Waals surface area contributed by atoms with Gasteiger partial charge in [0.2, 0.25) is 5.13 Å². The third kappa shape index (κ3) is 4.01. The van der Waals surface area contributed by atoms with E-state index in [-0.39, 0.29) is 5.41 Å². The van der Waals surface area contributed by atoms with E-state index in [4.69, 9.17) is 5.11 Å². The highest BCUT2D eigenvalue weighted by Gasteiger charge is 2.19. The number of aromatic carboxylic acids is 1. The Morgan fingerprint density at radius 1 is 1.33 bits per heavy atom. The van der Waals surface area contributed by atoms with Crippen molar-refractivity contribution in [3.63, 3.8) is 0 Å². The molecule has 2 aromatic rings. The van der Waals surface area contributed by atoms with Crippen molar-refractivity contribution in [2.45, 2.75) is 32.6 Å². The molecule has 0 saturated heterocycles. The largest absolute Gasteiger partial charge is 0.478 e. The molecule has 2 N–H and O–H groups in total. The molecular weight excluding hydrogens is 286 g/mol. The smallest absolute Gasteiger partial charge is 0.335 e. The first-order valence-electron chi connectivity index (χ1n) is 6.77. The van der Waals surface area contributed by atoms with Gasteiger partial charge in [0.05, 0.1) is 5.56 Å². The normalized spacial score (nSPS) is 11.4. The molecule has 5 nitrogen and oxygen atoms in total. The lowest BCUT2D eigenvalue weighted by atomic mass is 9.96. The molecular formula is C15H19N3O2S. The van der Waals surface area contributed by atoms with E-state index in [1.54, 1.807) is 12.1 Å². The first-order chi connectivity index (χ1) is 9.88. The molecule has 1 aromatic heterocycles. The van der Waals surface area contributed by atoms with Crippen LogP contribution in [0, 0.1) is 0 Å². The van der Waals surface area contributed by atoms with Gasteiger partial charge in [0.15, 0.2) is 0 Å². The van der Waals surface area contributed by atoms with Crippen LogP contribution in [0.4, 0.5) is 5.13 Å². The van der Waals surface area contributed by atoms with Crippen LogP contribution >= 0.6 is 11.5 Å². The molecule has 0 bridgehead atoms. The topological polar surface area (TPSA) is 75.1 Å². The zero-order chi connectivity index (χ0) is 15.5. The minimum absolute atomic E-state index is 0.0632. The van der Waals surface area contributed by atoms with Gasteiger partial charge in [-0.1, -0.05) is 39.0 Å². The lowest BCUT2D eigenvalue weighted by Crippen LogP contribution is -2.13. The molecule has 0 aliphatic heterocycles.